The van der Waals surface area contributed by atoms with Crippen molar-refractivity contribution in [1.82, 2.24) is 9.78 Å². The molecule has 32 heavy (non-hydrogen) atoms. The van der Waals surface area contributed by atoms with Crippen LogP contribution in [0.4, 0.5) is 24.7 Å². The third-order valence-corrected chi connectivity index (χ3v) is 6.43. The van der Waals surface area contributed by atoms with Crippen LogP contribution in [-0.4, -0.2) is 21.9 Å². The molecule has 10 heteroatoms. The highest BCUT2D eigenvalue weighted by Gasteiger charge is 2.47. The van der Waals surface area contributed by atoms with Crippen molar-refractivity contribution < 1.29 is 18.0 Å². The maximum Gasteiger partial charge on any atom is 0.410 e. The summed E-state index contributed by atoms with van der Waals surface area (Å²) in [6.45, 7) is 3.83. The Morgan fingerprint density at radius 1 is 1.19 bits per heavy atom. The van der Waals surface area contributed by atoms with E-state index in [9.17, 15) is 18.0 Å². The molecule has 1 aliphatic heterocycles. The summed E-state index contributed by atoms with van der Waals surface area (Å²) in [5.41, 5.74) is 2.93. The first-order valence-electron chi connectivity index (χ1n) is 9.80. The molecule has 0 bridgehead atoms. The standard InChI is InChI=1S/C22H19BrClF3N4O/c1-11-3-8-15(9-12(11)2)28-21(32)19-18(24)20-29-16(13-4-6-14(23)7-5-13)10-17(22(25,26)27)31(20)30-19/h3-9,16-17,29H,10H2,1-2H3,(H,28,32). The zero-order valence-corrected chi connectivity index (χ0v) is 19.4. The number of nitrogens with one attached hydrogen (secondary N) is 2. The minimum atomic E-state index is -4.57. The predicted molar refractivity (Wildman–Crippen MR) is 121 cm³/mol. The molecule has 4 rings (SSSR count). The highest BCUT2D eigenvalue weighted by atomic mass is 79.9. The average Bonchev–Trinajstić information content (AvgIpc) is 3.06. The molecule has 1 aliphatic rings. The summed E-state index contributed by atoms with van der Waals surface area (Å²) in [6, 6.07) is 9.76. The summed E-state index contributed by atoms with van der Waals surface area (Å²) in [5, 5.41) is 9.51. The molecule has 5 nitrogen and oxygen atoms in total. The first-order valence-corrected chi connectivity index (χ1v) is 11.0. The quantitative estimate of drug-likeness (QED) is 0.393. The van der Waals surface area contributed by atoms with Gasteiger partial charge in [-0.2, -0.15) is 18.3 Å². The van der Waals surface area contributed by atoms with Crippen molar-refractivity contribution in [3.8, 4) is 0 Å². The second kappa shape index (κ2) is 8.44. The van der Waals surface area contributed by atoms with E-state index in [2.05, 4.69) is 31.7 Å². The summed E-state index contributed by atoms with van der Waals surface area (Å²) < 4.78 is 43.3. The van der Waals surface area contributed by atoms with E-state index >= 15 is 0 Å². The number of hydrogen-bond acceptors (Lipinski definition) is 3. The highest BCUT2D eigenvalue weighted by Crippen LogP contribution is 2.46. The van der Waals surface area contributed by atoms with Crippen molar-refractivity contribution in [2.24, 2.45) is 0 Å². The normalized spacial score (nSPS) is 18.1. The largest absolute Gasteiger partial charge is 0.410 e. The lowest BCUT2D eigenvalue weighted by Gasteiger charge is -2.33. The maximum atomic E-state index is 13.9. The predicted octanol–water partition coefficient (Wildman–Crippen LogP) is 6.83. The lowest BCUT2D eigenvalue weighted by molar-refractivity contribution is -0.173. The van der Waals surface area contributed by atoms with Crippen LogP contribution in [0, 0.1) is 13.8 Å². The molecule has 0 fully saturated rings. The SMILES string of the molecule is Cc1ccc(NC(=O)c2nn3c(c2Cl)NC(c2ccc(Br)cc2)CC3C(F)(F)F)cc1C. The fourth-order valence-corrected chi connectivity index (χ4v) is 4.19. The smallest absolute Gasteiger partial charge is 0.362 e. The van der Waals surface area contributed by atoms with Crippen LogP contribution >= 0.6 is 27.5 Å². The van der Waals surface area contributed by atoms with Gasteiger partial charge in [-0.05, 0) is 54.8 Å². The van der Waals surface area contributed by atoms with Crippen LogP contribution in [0.5, 0.6) is 0 Å². The lowest BCUT2D eigenvalue weighted by atomic mass is 9.97. The molecule has 2 heterocycles. The van der Waals surface area contributed by atoms with E-state index in [1.165, 1.54) is 0 Å². The van der Waals surface area contributed by atoms with Crippen LogP contribution in [0.1, 0.15) is 45.7 Å². The van der Waals surface area contributed by atoms with E-state index in [4.69, 9.17) is 11.6 Å². The van der Waals surface area contributed by atoms with Gasteiger partial charge in [0.25, 0.3) is 5.91 Å². The molecule has 0 radical (unpaired) electrons. The number of anilines is 2. The van der Waals surface area contributed by atoms with Crippen LogP contribution in [0.25, 0.3) is 0 Å². The zero-order valence-electron chi connectivity index (χ0n) is 17.1. The van der Waals surface area contributed by atoms with Gasteiger partial charge in [-0.15, -0.1) is 0 Å². The third-order valence-electron chi connectivity index (χ3n) is 5.55. The van der Waals surface area contributed by atoms with Gasteiger partial charge in [-0.1, -0.05) is 45.7 Å². The van der Waals surface area contributed by atoms with Crippen LogP contribution in [0.3, 0.4) is 0 Å². The van der Waals surface area contributed by atoms with Crippen molar-refractivity contribution in [3.05, 3.63) is 74.3 Å². The number of carbonyl (C=O) groups excluding carboxylic acids is 1. The third kappa shape index (κ3) is 4.36. The number of rotatable bonds is 3. The Bertz CT molecular complexity index is 1180. The molecular weight excluding hydrogens is 509 g/mol. The van der Waals surface area contributed by atoms with Gasteiger partial charge >= 0.3 is 6.18 Å². The average molecular weight is 528 g/mol. The summed E-state index contributed by atoms with van der Waals surface area (Å²) in [6.07, 6.45) is -4.85. The van der Waals surface area contributed by atoms with Gasteiger partial charge in [-0.3, -0.25) is 4.79 Å². The second-order valence-electron chi connectivity index (χ2n) is 7.75. The van der Waals surface area contributed by atoms with E-state index in [0.29, 0.717) is 11.3 Å². The number of aryl methyl sites for hydroxylation is 2. The van der Waals surface area contributed by atoms with Crippen LogP contribution in [0.15, 0.2) is 46.9 Å². The van der Waals surface area contributed by atoms with Gasteiger partial charge in [0.2, 0.25) is 0 Å². The Hall–Kier alpha value is -2.52. The molecule has 2 aromatic carbocycles. The van der Waals surface area contributed by atoms with Gasteiger partial charge in [-0.25, -0.2) is 4.68 Å². The van der Waals surface area contributed by atoms with E-state index in [1.54, 1.807) is 36.4 Å². The molecule has 2 atom stereocenters. The van der Waals surface area contributed by atoms with E-state index in [-0.39, 0.29) is 23.0 Å². The van der Waals surface area contributed by atoms with E-state index in [0.717, 1.165) is 20.3 Å². The Kier molecular flexibility index (Phi) is 5.98. The number of amides is 1. The molecule has 2 unspecified atom stereocenters. The number of benzene rings is 2. The molecule has 0 aliphatic carbocycles. The lowest BCUT2D eigenvalue weighted by Crippen LogP contribution is -2.35. The van der Waals surface area contributed by atoms with Crippen molar-refractivity contribution in [1.29, 1.82) is 0 Å². The summed E-state index contributed by atoms with van der Waals surface area (Å²) in [5.74, 6) is -0.707. The first-order chi connectivity index (χ1) is 15.0. The second-order valence-corrected chi connectivity index (χ2v) is 9.04. The van der Waals surface area contributed by atoms with Crippen molar-refractivity contribution in [2.75, 3.05) is 10.6 Å². The van der Waals surface area contributed by atoms with Crippen LogP contribution in [0.2, 0.25) is 5.02 Å². The molecule has 2 N–H and O–H groups in total. The fourth-order valence-electron chi connectivity index (χ4n) is 3.66. The first kappa shape index (κ1) is 22.7. The summed E-state index contributed by atoms with van der Waals surface area (Å²) >= 11 is 9.70. The van der Waals surface area contributed by atoms with Gasteiger partial charge in [0, 0.05) is 16.6 Å². The summed E-state index contributed by atoms with van der Waals surface area (Å²) in [7, 11) is 0. The number of carbonyl (C=O) groups is 1. The topological polar surface area (TPSA) is 59.0 Å². The van der Waals surface area contributed by atoms with E-state index in [1.807, 2.05) is 19.9 Å². The highest BCUT2D eigenvalue weighted by molar-refractivity contribution is 9.10. The number of nitrogens with zero attached hydrogens (tertiary/aromatic N) is 2. The van der Waals surface area contributed by atoms with Gasteiger partial charge < -0.3 is 10.6 Å². The van der Waals surface area contributed by atoms with Gasteiger partial charge in [0.15, 0.2) is 11.7 Å². The Morgan fingerprint density at radius 2 is 1.88 bits per heavy atom. The molecular formula is C22H19BrClF3N4O. The van der Waals surface area contributed by atoms with Crippen molar-refractivity contribution in [3.63, 3.8) is 0 Å². The Morgan fingerprint density at radius 3 is 2.50 bits per heavy atom. The van der Waals surface area contributed by atoms with E-state index < -0.39 is 24.2 Å². The zero-order chi connectivity index (χ0) is 23.2. The van der Waals surface area contributed by atoms with Crippen molar-refractivity contribution in [2.45, 2.75) is 38.5 Å². The number of alkyl halides is 3. The molecule has 0 saturated heterocycles. The number of fused-ring (bicyclic) bond motifs is 1. The van der Waals surface area contributed by atoms with Crippen LogP contribution < -0.4 is 10.6 Å². The van der Waals surface area contributed by atoms with Gasteiger partial charge in [0.1, 0.15) is 10.8 Å². The molecule has 1 aromatic heterocycles. The Labute approximate surface area is 196 Å². The minimum absolute atomic E-state index is 0.0293. The van der Waals surface area contributed by atoms with Gasteiger partial charge in [0.05, 0.1) is 6.04 Å². The molecule has 1 amide bonds. The molecule has 168 valence electrons. The Balaban J connectivity index is 1.69. The fraction of sp³-hybridized carbons (Fsp3) is 0.273. The molecule has 0 spiro atoms. The monoisotopic (exact) mass is 526 g/mol. The minimum Gasteiger partial charge on any atom is -0.362 e. The van der Waals surface area contributed by atoms with Crippen LogP contribution in [-0.2, 0) is 0 Å². The molecule has 3 aromatic rings. The molecule has 0 saturated carbocycles. The number of aromatic nitrogens is 2. The summed E-state index contributed by atoms with van der Waals surface area (Å²) in [4.78, 5) is 12.8. The van der Waals surface area contributed by atoms with Crippen molar-refractivity contribution >= 4 is 44.9 Å². The number of halogens is 5. The number of hydrogen-bond donors (Lipinski definition) is 2. The maximum absolute atomic E-state index is 13.9.